The summed E-state index contributed by atoms with van der Waals surface area (Å²) in [6, 6.07) is 13.1. The van der Waals surface area contributed by atoms with E-state index in [0.29, 0.717) is 0 Å². The van der Waals surface area contributed by atoms with Crippen LogP contribution in [0, 0.1) is 0 Å². The Morgan fingerprint density at radius 2 is 1.43 bits per heavy atom. The van der Waals surface area contributed by atoms with Crippen LogP contribution in [0.1, 0.15) is 30.5 Å². The molecule has 0 aliphatic carbocycles. The third-order valence-electron chi connectivity index (χ3n) is 3.61. The minimum atomic E-state index is 0.950. The van der Waals surface area contributed by atoms with Gasteiger partial charge in [-0.1, -0.05) is 38.1 Å². The lowest BCUT2D eigenvalue weighted by molar-refractivity contribution is 0.271. The largest absolute Gasteiger partial charge is 0.313 e. The fourth-order valence-corrected chi connectivity index (χ4v) is 2.32. The lowest BCUT2D eigenvalue weighted by Gasteiger charge is -2.20. The second kappa shape index (κ2) is 8.55. The van der Waals surface area contributed by atoms with Crippen LogP contribution in [0.3, 0.4) is 0 Å². The number of hydrogen-bond acceptors (Lipinski definition) is 3. The second-order valence-corrected chi connectivity index (χ2v) is 5.26. The van der Waals surface area contributed by atoms with Crippen molar-refractivity contribution in [2.45, 2.75) is 33.5 Å². The molecule has 0 spiro atoms. The van der Waals surface area contributed by atoms with E-state index in [4.69, 9.17) is 0 Å². The van der Waals surface area contributed by atoms with Crippen molar-refractivity contribution in [3.05, 3.63) is 65.5 Å². The number of hydrogen-bond donors (Lipinski definition) is 1. The van der Waals surface area contributed by atoms with Crippen LogP contribution in [0.5, 0.6) is 0 Å². The molecule has 1 aromatic heterocycles. The van der Waals surface area contributed by atoms with Gasteiger partial charge in [0.2, 0.25) is 0 Å². The number of pyridine rings is 1. The van der Waals surface area contributed by atoms with Crippen molar-refractivity contribution in [3.8, 4) is 0 Å². The second-order valence-electron chi connectivity index (χ2n) is 5.26. The highest BCUT2D eigenvalue weighted by Crippen LogP contribution is 2.10. The van der Waals surface area contributed by atoms with E-state index in [1.807, 2.05) is 12.4 Å². The van der Waals surface area contributed by atoms with Crippen molar-refractivity contribution in [1.29, 1.82) is 0 Å². The predicted octanol–water partition coefficient (Wildman–Crippen LogP) is 3.21. The summed E-state index contributed by atoms with van der Waals surface area (Å²) in [6.45, 7) is 9.30. The molecule has 0 atom stereocenters. The van der Waals surface area contributed by atoms with Gasteiger partial charge in [0.1, 0.15) is 0 Å². The maximum Gasteiger partial charge on any atom is 0.0271 e. The van der Waals surface area contributed by atoms with Crippen LogP contribution in [-0.2, 0) is 19.6 Å². The van der Waals surface area contributed by atoms with Crippen molar-refractivity contribution in [2.75, 3.05) is 13.1 Å². The van der Waals surface area contributed by atoms with Crippen LogP contribution in [-0.4, -0.2) is 23.0 Å². The summed E-state index contributed by atoms with van der Waals surface area (Å²) in [5.74, 6) is 0. The molecule has 21 heavy (non-hydrogen) atoms. The number of rotatable bonds is 8. The predicted molar refractivity (Wildman–Crippen MR) is 87.8 cm³/mol. The zero-order chi connectivity index (χ0) is 14.9. The fourth-order valence-electron chi connectivity index (χ4n) is 2.32. The Labute approximate surface area is 128 Å². The quantitative estimate of drug-likeness (QED) is 0.806. The minimum absolute atomic E-state index is 0.950. The van der Waals surface area contributed by atoms with Crippen molar-refractivity contribution in [1.82, 2.24) is 15.2 Å². The summed E-state index contributed by atoms with van der Waals surface area (Å²) in [5, 5.41) is 3.35. The SMILES string of the molecule is CCNCc1ccc(CN(CC)Cc2ccncc2)cc1. The standard InChI is InChI=1S/C18H25N3/c1-3-19-13-16-5-7-17(8-6-16)14-21(4-2)15-18-9-11-20-12-10-18/h5-12,19H,3-4,13-15H2,1-2H3. The van der Waals surface area contributed by atoms with E-state index in [1.54, 1.807) is 0 Å². The first-order valence-electron chi connectivity index (χ1n) is 7.71. The van der Waals surface area contributed by atoms with Crippen LogP contribution in [0.2, 0.25) is 0 Å². The molecule has 1 N–H and O–H groups in total. The van der Waals surface area contributed by atoms with Gasteiger partial charge in [-0.3, -0.25) is 9.88 Å². The van der Waals surface area contributed by atoms with Crippen LogP contribution < -0.4 is 5.32 Å². The van der Waals surface area contributed by atoms with E-state index in [9.17, 15) is 0 Å². The summed E-state index contributed by atoms with van der Waals surface area (Å²) >= 11 is 0. The van der Waals surface area contributed by atoms with E-state index < -0.39 is 0 Å². The van der Waals surface area contributed by atoms with Crippen molar-refractivity contribution < 1.29 is 0 Å². The average molecular weight is 283 g/mol. The Balaban J connectivity index is 1.92. The maximum absolute atomic E-state index is 4.07. The molecule has 2 aromatic rings. The van der Waals surface area contributed by atoms with Gasteiger partial charge in [-0.15, -0.1) is 0 Å². The minimum Gasteiger partial charge on any atom is -0.313 e. The number of nitrogens with zero attached hydrogens (tertiary/aromatic N) is 2. The zero-order valence-corrected chi connectivity index (χ0v) is 13.0. The smallest absolute Gasteiger partial charge is 0.0271 e. The maximum atomic E-state index is 4.07. The third-order valence-corrected chi connectivity index (χ3v) is 3.61. The van der Waals surface area contributed by atoms with E-state index in [-0.39, 0.29) is 0 Å². The van der Waals surface area contributed by atoms with E-state index in [1.165, 1.54) is 16.7 Å². The summed E-state index contributed by atoms with van der Waals surface area (Å²) in [5.41, 5.74) is 4.03. The highest BCUT2D eigenvalue weighted by molar-refractivity contribution is 5.22. The molecule has 0 unspecified atom stereocenters. The fraction of sp³-hybridized carbons (Fsp3) is 0.389. The van der Waals surface area contributed by atoms with Crippen LogP contribution in [0.4, 0.5) is 0 Å². The molecule has 0 amide bonds. The van der Waals surface area contributed by atoms with Gasteiger partial charge < -0.3 is 5.32 Å². The number of benzene rings is 1. The number of aromatic nitrogens is 1. The first kappa shape index (κ1) is 15.7. The van der Waals surface area contributed by atoms with Crippen molar-refractivity contribution in [3.63, 3.8) is 0 Å². The summed E-state index contributed by atoms with van der Waals surface area (Å²) < 4.78 is 0. The van der Waals surface area contributed by atoms with Gasteiger partial charge in [0.05, 0.1) is 0 Å². The molecule has 3 nitrogen and oxygen atoms in total. The summed E-state index contributed by atoms with van der Waals surface area (Å²) in [4.78, 5) is 6.51. The molecule has 1 heterocycles. The average Bonchev–Trinajstić information content (AvgIpc) is 2.54. The van der Waals surface area contributed by atoms with Gasteiger partial charge in [-0.2, -0.15) is 0 Å². The topological polar surface area (TPSA) is 28.2 Å². The van der Waals surface area contributed by atoms with Gasteiger partial charge in [-0.05, 0) is 41.9 Å². The Morgan fingerprint density at radius 3 is 2.00 bits per heavy atom. The molecule has 0 radical (unpaired) electrons. The van der Waals surface area contributed by atoms with Gasteiger partial charge in [0.25, 0.3) is 0 Å². The zero-order valence-electron chi connectivity index (χ0n) is 13.0. The lowest BCUT2D eigenvalue weighted by Crippen LogP contribution is -2.22. The molecule has 1 aromatic carbocycles. The molecule has 3 heteroatoms. The van der Waals surface area contributed by atoms with Crippen LogP contribution in [0.25, 0.3) is 0 Å². The highest BCUT2D eigenvalue weighted by Gasteiger charge is 2.05. The Hall–Kier alpha value is -1.71. The molecule has 0 saturated heterocycles. The van der Waals surface area contributed by atoms with Crippen LogP contribution in [0.15, 0.2) is 48.8 Å². The highest BCUT2D eigenvalue weighted by atomic mass is 15.1. The first-order chi connectivity index (χ1) is 10.3. The molecular weight excluding hydrogens is 258 g/mol. The normalized spacial score (nSPS) is 11.0. The molecular formula is C18H25N3. The van der Waals surface area contributed by atoms with E-state index in [0.717, 1.165) is 32.7 Å². The molecule has 0 bridgehead atoms. The third kappa shape index (κ3) is 5.29. The van der Waals surface area contributed by atoms with Crippen LogP contribution >= 0.6 is 0 Å². The van der Waals surface area contributed by atoms with Gasteiger partial charge in [0, 0.05) is 32.0 Å². The summed E-state index contributed by atoms with van der Waals surface area (Å²) in [6.07, 6.45) is 3.72. The molecule has 0 aliphatic heterocycles. The lowest BCUT2D eigenvalue weighted by atomic mass is 10.1. The Kier molecular flexibility index (Phi) is 6.38. The summed E-state index contributed by atoms with van der Waals surface area (Å²) in [7, 11) is 0. The number of nitrogens with one attached hydrogen (secondary N) is 1. The van der Waals surface area contributed by atoms with Gasteiger partial charge in [0.15, 0.2) is 0 Å². The first-order valence-corrected chi connectivity index (χ1v) is 7.71. The van der Waals surface area contributed by atoms with E-state index >= 15 is 0 Å². The molecule has 0 fully saturated rings. The Bertz CT molecular complexity index is 508. The molecule has 0 aliphatic rings. The van der Waals surface area contributed by atoms with Crippen molar-refractivity contribution in [2.24, 2.45) is 0 Å². The molecule has 2 rings (SSSR count). The Morgan fingerprint density at radius 1 is 0.857 bits per heavy atom. The van der Waals surface area contributed by atoms with Crippen molar-refractivity contribution >= 4 is 0 Å². The van der Waals surface area contributed by atoms with Gasteiger partial charge in [-0.25, -0.2) is 0 Å². The monoisotopic (exact) mass is 283 g/mol. The molecule has 112 valence electrons. The molecule has 0 saturated carbocycles. The van der Waals surface area contributed by atoms with Gasteiger partial charge >= 0.3 is 0 Å². The van der Waals surface area contributed by atoms with E-state index in [2.05, 4.69) is 65.4 Å².